The first-order valence-electron chi connectivity index (χ1n) is 8.61. The minimum Gasteiger partial charge on any atom is -0.345 e. The van der Waals surface area contributed by atoms with Crippen molar-refractivity contribution in [2.45, 2.75) is 17.9 Å². The van der Waals surface area contributed by atoms with E-state index in [2.05, 4.69) is 5.32 Å². The molecule has 0 saturated carbocycles. The first-order valence-corrected chi connectivity index (χ1v) is 10.5. The highest BCUT2D eigenvalue weighted by Gasteiger charge is 2.19. The molecule has 3 aromatic rings. The Morgan fingerprint density at radius 3 is 2.00 bits per heavy atom. The molecule has 0 spiro atoms. The zero-order valence-electron chi connectivity index (χ0n) is 15.2. The summed E-state index contributed by atoms with van der Waals surface area (Å²) in [6.45, 7) is 1.87. The molecule has 1 amide bonds. The zero-order chi connectivity index (χ0) is 19.4. The normalized spacial score (nSPS) is 12.4. The van der Waals surface area contributed by atoms with E-state index in [0.29, 0.717) is 0 Å². The van der Waals surface area contributed by atoms with Gasteiger partial charge in [0.05, 0.1) is 16.5 Å². The molecule has 0 heterocycles. The summed E-state index contributed by atoms with van der Waals surface area (Å²) in [6.07, 6.45) is 1.10. The molecule has 3 rings (SSSR count). The second kappa shape index (κ2) is 7.76. The van der Waals surface area contributed by atoms with Crippen molar-refractivity contribution in [2.75, 3.05) is 6.26 Å². The molecule has 0 aliphatic heterocycles. The van der Waals surface area contributed by atoms with Gasteiger partial charge >= 0.3 is 0 Å². The summed E-state index contributed by atoms with van der Waals surface area (Å²) in [4.78, 5) is 12.6. The van der Waals surface area contributed by atoms with Crippen LogP contribution < -0.4 is 5.32 Å². The van der Waals surface area contributed by atoms with Gasteiger partial charge in [-0.2, -0.15) is 0 Å². The highest BCUT2D eigenvalue weighted by Crippen LogP contribution is 2.22. The summed E-state index contributed by atoms with van der Waals surface area (Å²) in [5, 5.41) is 2.88. The molecule has 0 saturated heterocycles. The van der Waals surface area contributed by atoms with E-state index in [1.807, 2.05) is 61.5 Å². The molecule has 3 aromatic carbocycles. The van der Waals surface area contributed by atoms with Crippen LogP contribution in [-0.4, -0.2) is 20.6 Å². The number of nitrogens with one attached hydrogen (secondary N) is 1. The van der Waals surface area contributed by atoms with Crippen LogP contribution in [-0.2, 0) is 9.84 Å². The second-order valence-corrected chi connectivity index (χ2v) is 8.44. The number of benzene rings is 3. The Hall–Kier alpha value is -2.92. The predicted molar refractivity (Wildman–Crippen MR) is 107 cm³/mol. The number of carbonyl (C=O) groups excluding carboxylic acids is 1. The largest absolute Gasteiger partial charge is 0.345 e. The third-order valence-corrected chi connectivity index (χ3v) is 5.55. The summed E-state index contributed by atoms with van der Waals surface area (Å²) in [7, 11) is -3.48. The molecule has 0 bridgehead atoms. The average Bonchev–Trinajstić information content (AvgIpc) is 2.68. The number of sulfone groups is 1. The van der Waals surface area contributed by atoms with Crippen LogP contribution in [0.1, 0.15) is 28.9 Å². The van der Waals surface area contributed by atoms with Crippen molar-refractivity contribution in [1.82, 2.24) is 5.32 Å². The van der Waals surface area contributed by atoms with E-state index >= 15 is 0 Å². The van der Waals surface area contributed by atoms with Gasteiger partial charge in [-0.1, -0.05) is 66.7 Å². The van der Waals surface area contributed by atoms with Crippen molar-refractivity contribution in [3.63, 3.8) is 0 Å². The molecule has 0 aliphatic carbocycles. The standard InChI is InChI=1S/C22H21NO3S/c1-16(17-12-14-19(15-13-17)18-8-4-3-5-9-18)23-22(24)20-10-6-7-11-21(20)27(2,25)26/h3-16H,1-2H3,(H,23,24). The van der Waals surface area contributed by atoms with Crippen LogP contribution in [0.4, 0.5) is 0 Å². The molecular weight excluding hydrogens is 358 g/mol. The second-order valence-electron chi connectivity index (χ2n) is 6.45. The first-order chi connectivity index (χ1) is 12.9. The van der Waals surface area contributed by atoms with E-state index in [9.17, 15) is 13.2 Å². The van der Waals surface area contributed by atoms with Gasteiger partial charge in [0.15, 0.2) is 9.84 Å². The minimum atomic E-state index is -3.48. The van der Waals surface area contributed by atoms with Gasteiger partial charge in [0.2, 0.25) is 0 Å². The molecule has 0 fully saturated rings. The lowest BCUT2D eigenvalue weighted by Gasteiger charge is -2.16. The average molecular weight is 379 g/mol. The molecule has 1 atom stereocenters. The third kappa shape index (κ3) is 4.44. The van der Waals surface area contributed by atoms with Crippen molar-refractivity contribution < 1.29 is 13.2 Å². The smallest absolute Gasteiger partial charge is 0.253 e. The maximum absolute atomic E-state index is 12.6. The number of amides is 1. The van der Waals surface area contributed by atoms with Crippen LogP contribution in [0, 0.1) is 0 Å². The molecule has 27 heavy (non-hydrogen) atoms. The van der Waals surface area contributed by atoms with E-state index in [0.717, 1.165) is 22.9 Å². The fraction of sp³-hybridized carbons (Fsp3) is 0.136. The lowest BCUT2D eigenvalue weighted by Crippen LogP contribution is -2.28. The minimum absolute atomic E-state index is 0.0362. The van der Waals surface area contributed by atoms with E-state index < -0.39 is 15.7 Å². The van der Waals surface area contributed by atoms with Gasteiger partial charge in [0.1, 0.15) is 0 Å². The van der Waals surface area contributed by atoms with Crippen LogP contribution in [0.3, 0.4) is 0 Å². The molecule has 1 N–H and O–H groups in total. The van der Waals surface area contributed by atoms with Crippen molar-refractivity contribution >= 4 is 15.7 Å². The van der Waals surface area contributed by atoms with Gasteiger partial charge in [-0.25, -0.2) is 8.42 Å². The van der Waals surface area contributed by atoms with E-state index in [4.69, 9.17) is 0 Å². The zero-order valence-corrected chi connectivity index (χ0v) is 16.0. The van der Waals surface area contributed by atoms with Crippen molar-refractivity contribution in [1.29, 1.82) is 0 Å². The summed E-state index contributed by atoms with van der Waals surface area (Å²) in [6, 6.07) is 24.0. The summed E-state index contributed by atoms with van der Waals surface area (Å²) < 4.78 is 23.8. The number of hydrogen-bond acceptors (Lipinski definition) is 3. The van der Waals surface area contributed by atoms with Crippen LogP contribution in [0.2, 0.25) is 0 Å². The molecule has 1 unspecified atom stereocenters. The van der Waals surface area contributed by atoms with Gasteiger partial charge in [-0.3, -0.25) is 4.79 Å². The third-order valence-electron chi connectivity index (χ3n) is 4.40. The quantitative estimate of drug-likeness (QED) is 0.721. The summed E-state index contributed by atoms with van der Waals surface area (Å²) >= 11 is 0. The highest BCUT2D eigenvalue weighted by molar-refractivity contribution is 7.90. The van der Waals surface area contributed by atoms with Crippen LogP contribution in [0.5, 0.6) is 0 Å². The topological polar surface area (TPSA) is 63.2 Å². The fourth-order valence-electron chi connectivity index (χ4n) is 2.93. The number of hydrogen-bond donors (Lipinski definition) is 1. The van der Waals surface area contributed by atoms with E-state index in [-0.39, 0.29) is 16.5 Å². The Balaban J connectivity index is 1.78. The van der Waals surface area contributed by atoms with Crippen molar-refractivity contribution in [2.24, 2.45) is 0 Å². The van der Waals surface area contributed by atoms with E-state index in [1.165, 1.54) is 12.1 Å². The molecule has 0 aliphatic rings. The van der Waals surface area contributed by atoms with Gasteiger partial charge in [0.25, 0.3) is 5.91 Å². The predicted octanol–water partition coefficient (Wildman–Crippen LogP) is 4.25. The van der Waals surface area contributed by atoms with Crippen LogP contribution in [0.15, 0.2) is 83.8 Å². The molecule has 5 heteroatoms. The maximum atomic E-state index is 12.6. The lowest BCUT2D eigenvalue weighted by atomic mass is 10.0. The van der Waals surface area contributed by atoms with Gasteiger partial charge in [-0.05, 0) is 35.7 Å². The molecule has 4 nitrogen and oxygen atoms in total. The SMILES string of the molecule is CC(NC(=O)c1ccccc1S(C)(=O)=O)c1ccc(-c2ccccc2)cc1. The van der Waals surface area contributed by atoms with Crippen molar-refractivity contribution in [3.05, 3.63) is 90.0 Å². The van der Waals surface area contributed by atoms with E-state index in [1.54, 1.807) is 12.1 Å². The molecule has 0 radical (unpaired) electrons. The highest BCUT2D eigenvalue weighted by atomic mass is 32.2. The fourth-order valence-corrected chi connectivity index (χ4v) is 3.82. The Kier molecular flexibility index (Phi) is 5.42. The Labute approximate surface area is 159 Å². The van der Waals surface area contributed by atoms with Gasteiger partial charge in [0, 0.05) is 6.26 Å². The maximum Gasteiger partial charge on any atom is 0.253 e. The van der Waals surface area contributed by atoms with Gasteiger partial charge < -0.3 is 5.32 Å². The molecule has 0 aromatic heterocycles. The lowest BCUT2D eigenvalue weighted by molar-refractivity contribution is 0.0936. The van der Waals surface area contributed by atoms with Crippen molar-refractivity contribution in [3.8, 4) is 11.1 Å². The van der Waals surface area contributed by atoms with Gasteiger partial charge in [-0.15, -0.1) is 0 Å². The van der Waals surface area contributed by atoms with Crippen LogP contribution in [0.25, 0.3) is 11.1 Å². The number of carbonyl (C=O) groups is 1. The van der Waals surface area contributed by atoms with Crippen LogP contribution >= 0.6 is 0 Å². The summed E-state index contributed by atoms with van der Waals surface area (Å²) in [5.74, 6) is -0.407. The Morgan fingerprint density at radius 1 is 0.815 bits per heavy atom. The molecule has 138 valence electrons. The number of rotatable bonds is 5. The monoisotopic (exact) mass is 379 g/mol. The first kappa shape index (κ1) is 18.9. The molecular formula is C22H21NO3S. The Morgan fingerprint density at radius 2 is 1.37 bits per heavy atom. The summed E-state index contributed by atoms with van der Waals surface area (Å²) in [5.41, 5.74) is 3.33. The Bertz CT molecular complexity index is 1040.